The molecule has 202 valence electrons. The summed E-state index contributed by atoms with van der Waals surface area (Å²) < 4.78 is 6.98. The molecule has 0 unspecified atom stereocenters. The van der Waals surface area contributed by atoms with E-state index in [9.17, 15) is 25.2 Å². The summed E-state index contributed by atoms with van der Waals surface area (Å²) >= 11 is 0. The number of phenolic OH excluding ortho intramolecular Hbond substituents is 3. The quantitative estimate of drug-likeness (QED) is 0.161. The summed E-state index contributed by atoms with van der Waals surface area (Å²) in [7, 11) is 1.43. The first kappa shape index (κ1) is 28.2. The van der Waals surface area contributed by atoms with Crippen molar-refractivity contribution in [1.29, 1.82) is 0 Å². The normalized spacial score (nSPS) is 11.3. The van der Waals surface area contributed by atoms with Crippen molar-refractivity contribution in [3.8, 4) is 40.0 Å². The molecule has 1 aromatic heterocycles. The van der Waals surface area contributed by atoms with Gasteiger partial charge in [-0.2, -0.15) is 0 Å². The van der Waals surface area contributed by atoms with Gasteiger partial charge in [-0.3, -0.25) is 4.79 Å². The number of phenols is 3. The maximum absolute atomic E-state index is 13.0. The van der Waals surface area contributed by atoms with E-state index < -0.39 is 11.2 Å². The number of aryl methyl sites for hydroxylation is 1. The van der Waals surface area contributed by atoms with Crippen LogP contribution in [0.4, 0.5) is 0 Å². The highest BCUT2D eigenvalue weighted by Crippen LogP contribution is 2.38. The second-order valence-electron chi connectivity index (χ2n) is 9.81. The lowest BCUT2D eigenvalue weighted by Crippen LogP contribution is -2.13. The van der Waals surface area contributed by atoms with Crippen LogP contribution in [0.3, 0.4) is 0 Å². The minimum Gasteiger partial charge on any atom is -0.508 e. The number of rotatable bonds is 15. The van der Waals surface area contributed by atoms with E-state index in [0.717, 1.165) is 25.3 Å². The Morgan fingerprint density at radius 2 is 1.35 bits per heavy atom. The van der Waals surface area contributed by atoms with Crippen molar-refractivity contribution in [2.75, 3.05) is 7.11 Å². The number of ether oxygens (including phenoxy) is 1. The Kier molecular flexibility index (Phi) is 10.5. The molecule has 7 heteroatoms. The van der Waals surface area contributed by atoms with Gasteiger partial charge in [0.2, 0.25) is 5.43 Å². The van der Waals surface area contributed by atoms with E-state index in [1.165, 1.54) is 77.0 Å². The molecule has 0 radical (unpaired) electrons. The van der Waals surface area contributed by atoms with Crippen molar-refractivity contribution in [2.45, 2.75) is 90.5 Å². The number of unbranched alkanes of at least 4 members (excludes halogenated alkanes) is 11. The number of benzene rings is 2. The molecular formula is C30H41NO6. The van der Waals surface area contributed by atoms with E-state index in [-0.39, 0.29) is 34.1 Å². The van der Waals surface area contributed by atoms with E-state index in [2.05, 4.69) is 6.92 Å². The van der Waals surface area contributed by atoms with E-state index >= 15 is 0 Å². The molecule has 1 heterocycles. The van der Waals surface area contributed by atoms with Gasteiger partial charge in [0, 0.05) is 24.2 Å². The Hall–Kier alpha value is -3.35. The summed E-state index contributed by atoms with van der Waals surface area (Å²) in [4.78, 5) is 13.0. The summed E-state index contributed by atoms with van der Waals surface area (Å²) in [5.41, 5.74) is 0.350. The number of fused-ring (bicyclic) bond motifs is 1. The molecule has 37 heavy (non-hydrogen) atoms. The molecule has 0 fully saturated rings. The predicted molar refractivity (Wildman–Crippen MR) is 148 cm³/mol. The van der Waals surface area contributed by atoms with Gasteiger partial charge >= 0.3 is 0 Å². The molecule has 0 bridgehead atoms. The smallest absolute Gasteiger partial charge is 0.235 e. The lowest BCUT2D eigenvalue weighted by atomic mass is 10.0. The number of methoxy groups -OCH3 is 1. The first-order valence-corrected chi connectivity index (χ1v) is 13.6. The number of hydrogen-bond donors (Lipinski definition) is 4. The zero-order valence-corrected chi connectivity index (χ0v) is 22.1. The Labute approximate surface area is 219 Å². The fourth-order valence-electron chi connectivity index (χ4n) is 4.98. The van der Waals surface area contributed by atoms with Crippen molar-refractivity contribution in [2.24, 2.45) is 0 Å². The molecular weight excluding hydrogens is 470 g/mol. The van der Waals surface area contributed by atoms with Crippen molar-refractivity contribution in [1.82, 2.24) is 4.57 Å². The average Bonchev–Trinajstić information content (AvgIpc) is 2.87. The van der Waals surface area contributed by atoms with Crippen LogP contribution in [0.1, 0.15) is 84.0 Å². The number of aromatic nitrogens is 1. The van der Waals surface area contributed by atoms with Crippen LogP contribution in [0, 0.1) is 0 Å². The molecule has 7 nitrogen and oxygen atoms in total. The van der Waals surface area contributed by atoms with Crippen molar-refractivity contribution in [3.05, 3.63) is 40.6 Å². The summed E-state index contributed by atoms with van der Waals surface area (Å²) in [6.45, 7) is 2.71. The number of aromatic hydroxyl groups is 4. The standard InChI is InChI=1S/C30H41NO6/c1-3-4-5-6-7-8-9-10-11-12-13-14-17-31-23-19-22(32)20-25(34)27(23)29(35)30(36)28(31)21-15-16-24(33)26(18-21)37-2/h15-16,18-20,32-34,36H,3-14,17H2,1-2H3. The molecule has 0 atom stereocenters. The molecule has 3 rings (SSSR count). The van der Waals surface area contributed by atoms with Gasteiger partial charge in [-0.25, -0.2) is 0 Å². The third-order valence-electron chi connectivity index (χ3n) is 7.00. The molecule has 0 spiro atoms. The molecule has 4 N–H and O–H groups in total. The summed E-state index contributed by atoms with van der Waals surface area (Å²) in [6.07, 6.45) is 14.5. The van der Waals surface area contributed by atoms with Crippen LogP contribution >= 0.6 is 0 Å². The van der Waals surface area contributed by atoms with Crippen LogP contribution in [-0.4, -0.2) is 32.1 Å². The van der Waals surface area contributed by atoms with Gasteiger partial charge in [-0.1, -0.05) is 77.6 Å². The summed E-state index contributed by atoms with van der Waals surface area (Å²) in [5, 5.41) is 41.5. The first-order chi connectivity index (χ1) is 17.9. The zero-order chi connectivity index (χ0) is 26.8. The average molecular weight is 512 g/mol. The topological polar surface area (TPSA) is 112 Å². The number of hydrogen-bond acceptors (Lipinski definition) is 6. The second-order valence-corrected chi connectivity index (χ2v) is 9.81. The van der Waals surface area contributed by atoms with Crippen LogP contribution in [0.2, 0.25) is 0 Å². The van der Waals surface area contributed by atoms with Gasteiger partial charge in [0.15, 0.2) is 17.2 Å². The Balaban J connectivity index is 1.76. The Bertz CT molecular complexity index is 1230. The molecule has 0 saturated heterocycles. The molecule has 0 aliphatic rings. The SMILES string of the molecule is CCCCCCCCCCCCCCn1c(-c2ccc(O)c(OC)c2)c(O)c(=O)c2c(O)cc(O)cc21. The Morgan fingerprint density at radius 1 is 0.757 bits per heavy atom. The second kappa shape index (κ2) is 13.8. The van der Waals surface area contributed by atoms with E-state index in [1.807, 2.05) is 0 Å². The van der Waals surface area contributed by atoms with Gasteiger partial charge in [-0.05, 0) is 24.6 Å². The molecule has 0 aliphatic carbocycles. The lowest BCUT2D eigenvalue weighted by Gasteiger charge is -2.20. The zero-order valence-electron chi connectivity index (χ0n) is 22.1. The maximum Gasteiger partial charge on any atom is 0.235 e. The van der Waals surface area contributed by atoms with Crippen LogP contribution in [0.25, 0.3) is 22.2 Å². The van der Waals surface area contributed by atoms with Gasteiger partial charge in [0.25, 0.3) is 0 Å². The number of pyridine rings is 1. The van der Waals surface area contributed by atoms with Crippen LogP contribution in [0.5, 0.6) is 28.7 Å². The maximum atomic E-state index is 13.0. The molecule has 0 amide bonds. The summed E-state index contributed by atoms with van der Waals surface area (Å²) in [6, 6.07) is 7.12. The van der Waals surface area contributed by atoms with E-state index in [4.69, 9.17) is 4.74 Å². The minimum absolute atomic E-state index is 0.0382. The highest BCUT2D eigenvalue weighted by molar-refractivity contribution is 5.91. The number of nitrogens with zero attached hydrogens (tertiary/aromatic N) is 1. The van der Waals surface area contributed by atoms with Gasteiger partial charge in [0.05, 0.1) is 23.7 Å². The van der Waals surface area contributed by atoms with E-state index in [0.29, 0.717) is 17.6 Å². The van der Waals surface area contributed by atoms with Gasteiger partial charge in [0.1, 0.15) is 11.5 Å². The predicted octanol–water partition coefficient (Wildman–Crippen LogP) is 7.20. The van der Waals surface area contributed by atoms with Gasteiger partial charge in [-0.15, -0.1) is 0 Å². The lowest BCUT2D eigenvalue weighted by molar-refractivity contribution is 0.373. The molecule has 0 saturated carbocycles. The van der Waals surface area contributed by atoms with Crippen molar-refractivity contribution >= 4 is 10.9 Å². The third-order valence-corrected chi connectivity index (χ3v) is 7.00. The van der Waals surface area contributed by atoms with Crippen LogP contribution in [-0.2, 0) is 6.54 Å². The molecule has 0 aliphatic heterocycles. The third kappa shape index (κ3) is 7.12. The summed E-state index contributed by atoms with van der Waals surface area (Å²) in [5.74, 6) is -0.904. The first-order valence-electron chi connectivity index (χ1n) is 13.6. The van der Waals surface area contributed by atoms with Crippen molar-refractivity contribution < 1.29 is 25.2 Å². The Morgan fingerprint density at radius 3 is 1.95 bits per heavy atom. The van der Waals surface area contributed by atoms with Gasteiger partial charge < -0.3 is 29.7 Å². The fraction of sp³-hybridized carbons (Fsp3) is 0.500. The van der Waals surface area contributed by atoms with E-state index in [1.54, 1.807) is 16.7 Å². The highest BCUT2D eigenvalue weighted by Gasteiger charge is 2.21. The minimum atomic E-state index is -0.722. The fourth-order valence-corrected chi connectivity index (χ4v) is 4.98. The van der Waals surface area contributed by atoms with Crippen LogP contribution < -0.4 is 10.2 Å². The monoisotopic (exact) mass is 511 g/mol. The largest absolute Gasteiger partial charge is 0.508 e. The highest BCUT2D eigenvalue weighted by atomic mass is 16.5. The molecule has 3 aromatic rings. The molecule has 2 aromatic carbocycles. The van der Waals surface area contributed by atoms with Crippen LogP contribution in [0.15, 0.2) is 35.1 Å². The van der Waals surface area contributed by atoms with Crippen molar-refractivity contribution in [3.63, 3.8) is 0 Å².